The lowest BCUT2D eigenvalue weighted by Gasteiger charge is -2.04. The van der Waals surface area contributed by atoms with E-state index in [1.165, 1.54) is 11.6 Å². The van der Waals surface area contributed by atoms with E-state index in [9.17, 15) is 17.2 Å². The molecule has 0 amide bonds. The summed E-state index contributed by atoms with van der Waals surface area (Å²) in [4.78, 5) is -0.342. The number of halogens is 4. The second kappa shape index (κ2) is 6.11. The molecular formula is C10H11Cl2F2N5O2S. The Morgan fingerprint density at radius 2 is 2.00 bits per heavy atom. The van der Waals surface area contributed by atoms with Gasteiger partial charge in [-0.2, -0.15) is 19.0 Å². The van der Waals surface area contributed by atoms with Gasteiger partial charge in [0.05, 0.1) is 24.1 Å². The molecule has 0 spiro atoms. The predicted molar refractivity (Wildman–Crippen MR) is 75.5 cm³/mol. The molecule has 2 heterocycles. The molecular weight excluding hydrogens is 363 g/mol. The number of nitrogens with zero attached hydrogens (tertiary/aromatic N) is 4. The maximum Gasteiger partial charge on any atom is 0.333 e. The molecule has 0 aromatic carbocycles. The minimum Gasteiger partial charge on any atom is -0.255 e. The number of hydrogen-bond acceptors (Lipinski definition) is 4. The van der Waals surface area contributed by atoms with Crippen LogP contribution in [0.4, 0.5) is 8.78 Å². The van der Waals surface area contributed by atoms with Crippen LogP contribution in [0.1, 0.15) is 17.9 Å². The van der Waals surface area contributed by atoms with Gasteiger partial charge in [-0.15, -0.1) is 0 Å². The Morgan fingerprint density at radius 1 is 1.36 bits per heavy atom. The number of aromatic nitrogens is 4. The summed E-state index contributed by atoms with van der Waals surface area (Å²) in [6.45, 7) is -1.84. The number of alkyl halides is 2. The van der Waals surface area contributed by atoms with Crippen molar-refractivity contribution in [3.05, 3.63) is 27.8 Å². The zero-order valence-corrected chi connectivity index (χ0v) is 13.7. The summed E-state index contributed by atoms with van der Waals surface area (Å²) in [5.74, 6) is 0. The van der Waals surface area contributed by atoms with Crippen molar-refractivity contribution >= 4 is 33.2 Å². The zero-order chi connectivity index (χ0) is 16.7. The van der Waals surface area contributed by atoms with Crippen molar-refractivity contribution in [2.45, 2.75) is 24.9 Å². The molecule has 0 atom stereocenters. The molecule has 0 fully saturated rings. The van der Waals surface area contributed by atoms with Gasteiger partial charge in [0.1, 0.15) is 15.1 Å². The number of hydrogen-bond donors (Lipinski definition) is 1. The Balaban J connectivity index is 2.23. The highest BCUT2D eigenvalue weighted by molar-refractivity contribution is 7.89. The topological polar surface area (TPSA) is 81.8 Å². The van der Waals surface area contributed by atoms with Crippen molar-refractivity contribution in [3.8, 4) is 0 Å². The van der Waals surface area contributed by atoms with Gasteiger partial charge in [0, 0.05) is 7.05 Å². The second-order valence-electron chi connectivity index (χ2n) is 4.34. The molecule has 0 radical (unpaired) electrons. The van der Waals surface area contributed by atoms with Gasteiger partial charge >= 0.3 is 6.55 Å². The Hall–Kier alpha value is -1.23. The molecule has 0 aliphatic rings. The van der Waals surface area contributed by atoms with Crippen molar-refractivity contribution in [1.82, 2.24) is 24.3 Å². The number of rotatable bonds is 5. The Morgan fingerprint density at radius 3 is 2.45 bits per heavy atom. The Labute approximate surface area is 134 Å². The van der Waals surface area contributed by atoms with Gasteiger partial charge in [-0.3, -0.25) is 4.68 Å². The molecule has 7 nitrogen and oxygen atoms in total. The van der Waals surface area contributed by atoms with Crippen LogP contribution in [0.25, 0.3) is 0 Å². The van der Waals surface area contributed by atoms with Gasteiger partial charge in [0.15, 0.2) is 0 Å². The van der Waals surface area contributed by atoms with Crippen molar-refractivity contribution in [2.75, 3.05) is 0 Å². The molecule has 1 N–H and O–H groups in total. The summed E-state index contributed by atoms with van der Waals surface area (Å²) in [6, 6.07) is 0. The molecule has 0 unspecified atom stereocenters. The van der Waals surface area contributed by atoms with Crippen LogP contribution in [0.15, 0.2) is 11.1 Å². The van der Waals surface area contributed by atoms with E-state index >= 15 is 0 Å². The van der Waals surface area contributed by atoms with Crippen LogP contribution >= 0.6 is 23.2 Å². The average molecular weight is 374 g/mol. The molecule has 0 bridgehead atoms. The van der Waals surface area contributed by atoms with Crippen molar-refractivity contribution in [3.63, 3.8) is 0 Å². The second-order valence-corrected chi connectivity index (χ2v) is 6.81. The third-order valence-electron chi connectivity index (χ3n) is 2.78. The molecule has 2 aromatic heterocycles. The fraction of sp³-hybridized carbons (Fsp3) is 0.400. The number of nitrogens with one attached hydrogen (secondary N) is 1. The normalized spacial score (nSPS) is 12.3. The van der Waals surface area contributed by atoms with E-state index in [0.29, 0.717) is 0 Å². The average Bonchev–Trinajstić information content (AvgIpc) is 2.94. The first-order valence-electron chi connectivity index (χ1n) is 5.84. The first-order chi connectivity index (χ1) is 10.1. The molecule has 2 rings (SSSR count). The van der Waals surface area contributed by atoms with Gasteiger partial charge in [-0.1, -0.05) is 23.2 Å². The first-order valence-corrected chi connectivity index (χ1v) is 8.08. The minimum absolute atomic E-state index is 0.0436. The lowest BCUT2D eigenvalue weighted by atomic mass is 10.4. The quantitative estimate of drug-likeness (QED) is 0.869. The van der Waals surface area contributed by atoms with Crippen molar-refractivity contribution in [2.24, 2.45) is 7.05 Å². The van der Waals surface area contributed by atoms with Crippen LogP contribution in [0.3, 0.4) is 0 Å². The largest absolute Gasteiger partial charge is 0.333 e. The monoisotopic (exact) mass is 373 g/mol. The van der Waals surface area contributed by atoms with Crippen LogP contribution in [0.2, 0.25) is 10.2 Å². The lowest BCUT2D eigenvalue weighted by Crippen LogP contribution is -2.24. The molecule has 0 saturated heterocycles. The summed E-state index contributed by atoms with van der Waals surface area (Å²) in [5.41, 5.74) is 0.176. The highest BCUT2D eigenvalue weighted by atomic mass is 35.5. The van der Waals surface area contributed by atoms with E-state index in [1.54, 1.807) is 7.05 Å². The molecule has 0 saturated carbocycles. The standard InChI is InChI=1S/C10H11Cl2F2N5O2S/c1-5-7(4-19(16-5)10(13)14)22(20,21)15-3-6-8(11)9(12)18(2)17-6/h4,10,15H,3H2,1-2H3. The van der Waals surface area contributed by atoms with Gasteiger partial charge in [-0.05, 0) is 6.92 Å². The van der Waals surface area contributed by atoms with E-state index in [2.05, 4.69) is 14.9 Å². The van der Waals surface area contributed by atoms with E-state index in [-0.39, 0.29) is 37.7 Å². The van der Waals surface area contributed by atoms with Crippen molar-refractivity contribution < 1.29 is 17.2 Å². The summed E-state index contributed by atoms with van der Waals surface area (Å²) in [7, 11) is -2.50. The molecule has 0 aliphatic carbocycles. The fourth-order valence-electron chi connectivity index (χ4n) is 1.71. The summed E-state index contributed by atoms with van der Waals surface area (Å²) < 4.78 is 53.1. The van der Waals surface area contributed by atoms with E-state index in [0.717, 1.165) is 6.20 Å². The van der Waals surface area contributed by atoms with E-state index in [1.807, 2.05) is 0 Å². The predicted octanol–water partition coefficient (Wildman–Crippen LogP) is 2.11. The molecule has 122 valence electrons. The molecule has 12 heteroatoms. The van der Waals surface area contributed by atoms with Gasteiger partial charge in [0.25, 0.3) is 0 Å². The maximum absolute atomic E-state index is 12.5. The summed E-state index contributed by atoms with van der Waals surface area (Å²) >= 11 is 11.7. The minimum atomic E-state index is -4.04. The first kappa shape index (κ1) is 17.1. The number of aryl methyl sites for hydroxylation is 2. The van der Waals surface area contributed by atoms with E-state index in [4.69, 9.17) is 23.2 Å². The van der Waals surface area contributed by atoms with Gasteiger partial charge < -0.3 is 0 Å². The number of sulfonamides is 1. The van der Waals surface area contributed by atoms with Crippen LogP contribution in [-0.2, 0) is 23.6 Å². The Bertz CT molecular complexity index is 803. The third-order valence-corrected chi connectivity index (χ3v) is 5.21. The summed E-state index contributed by atoms with van der Waals surface area (Å²) in [6.07, 6.45) is 0.759. The summed E-state index contributed by atoms with van der Waals surface area (Å²) in [5, 5.41) is 7.68. The molecule has 22 heavy (non-hydrogen) atoms. The maximum atomic E-state index is 12.5. The van der Waals surface area contributed by atoms with Gasteiger partial charge in [-0.25, -0.2) is 17.8 Å². The Kier molecular flexibility index (Phi) is 4.76. The van der Waals surface area contributed by atoms with Crippen molar-refractivity contribution in [1.29, 1.82) is 0 Å². The van der Waals surface area contributed by atoms with Gasteiger partial charge in [0.2, 0.25) is 10.0 Å². The molecule has 0 aliphatic heterocycles. The third kappa shape index (κ3) is 3.24. The van der Waals surface area contributed by atoms with Crippen LogP contribution in [0, 0.1) is 6.92 Å². The zero-order valence-electron chi connectivity index (χ0n) is 11.4. The van der Waals surface area contributed by atoms with Crippen LogP contribution in [0.5, 0.6) is 0 Å². The highest BCUT2D eigenvalue weighted by Crippen LogP contribution is 2.25. The van der Waals surface area contributed by atoms with Crippen LogP contribution < -0.4 is 4.72 Å². The molecule has 2 aromatic rings. The SMILES string of the molecule is Cc1nn(C(F)F)cc1S(=O)(=O)NCc1nn(C)c(Cl)c1Cl. The highest BCUT2D eigenvalue weighted by Gasteiger charge is 2.23. The fourth-order valence-corrected chi connectivity index (χ4v) is 3.25. The van der Waals surface area contributed by atoms with Crippen LogP contribution in [-0.4, -0.2) is 28.0 Å². The lowest BCUT2D eigenvalue weighted by molar-refractivity contribution is 0.0561. The van der Waals surface area contributed by atoms with E-state index < -0.39 is 16.6 Å². The smallest absolute Gasteiger partial charge is 0.255 e.